The van der Waals surface area contributed by atoms with Crippen LogP contribution in [0.4, 0.5) is 17.1 Å². The molecule has 10 aromatic rings. The summed E-state index contributed by atoms with van der Waals surface area (Å²) in [5.74, 6) is -10.3. The number of hydrogen-bond acceptors (Lipinski definition) is 21. The Balaban J connectivity index is 0.646. The van der Waals surface area contributed by atoms with E-state index in [-0.39, 0.29) is 152 Å². The summed E-state index contributed by atoms with van der Waals surface area (Å²) in [5.41, 5.74) is 0.275. The van der Waals surface area contributed by atoms with Gasteiger partial charge in [0.05, 0.1) is 83.8 Å². The molecule has 16 rings (SSSR count). The molecular weight excluding hydrogens is 1280 g/mol. The quantitative estimate of drug-likeness (QED) is 0.0302. The highest BCUT2D eigenvalue weighted by Gasteiger charge is 2.42. The van der Waals surface area contributed by atoms with Crippen LogP contribution in [-0.4, -0.2) is 88.6 Å². The molecule has 0 aromatic heterocycles. The standard InChI is InChI=1S/C75H33N3O21/c79-61(37-4-22-52-58(28-37)73(91)97-70(52)88)34-1-19-49-55(25-34)67(85)76(64(49)82)40-7-13-43(14-8-40)94-46-31-47(95-44-15-9-41(10-16-44)77-65(83)50-20-2-35(26-56(50)68(77)86)62(80)38-5-23-53-59(29-38)74(92)98-71(53)89)33-48(32-46)96-45-17-11-42(12-18-45)78-66(84)51-21-3-36(27-57(51)69(78)87)63(81)39-6-24-54-60(30-39)75(93)99-72(54)90/h1-33H. The van der Waals surface area contributed by atoms with Crippen molar-refractivity contribution >= 4 is 106 Å². The van der Waals surface area contributed by atoms with Gasteiger partial charge in [0.25, 0.3) is 35.4 Å². The number of nitrogens with zero attached hydrogens (tertiary/aromatic N) is 3. The third-order valence-corrected chi connectivity index (χ3v) is 17.0. The third-order valence-electron chi connectivity index (χ3n) is 17.0. The Bertz CT molecular complexity index is 5040. The minimum Gasteiger partial charge on any atom is -0.457 e. The van der Waals surface area contributed by atoms with Crippen LogP contribution in [0.5, 0.6) is 34.5 Å². The molecule has 0 aliphatic carbocycles. The van der Waals surface area contributed by atoms with E-state index in [0.717, 1.165) is 14.7 Å². The maximum absolute atomic E-state index is 14.0. The largest absolute Gasteiger partial charge is 0.457 e. The first-order chi connectivity index (χ1) is 47.7. The van der Waals surface area contributed by atoms with Crippen molar-refractivity contribution in [1.82, 2.24) is 0 Å². The number of cyclic esters (lactones) is 6. The van der Waals surface area contributed by atoms with Gasteiger partial charge in [-0.3, -0.25) is 43.2 Å². The first kappa shape index (κ1) is 59.5. The summed E-state index contributed by atoms with van der Waals surface area (Å²) < 4.78 is 32.9. The fourth-order valence-electron chi connectivity index (χ4n) is 12.1. The average molecular weight is 1310 g/mol. The molecule has 6 aliphatic rings. The number of imide groups is 3. The zero-order valence-electron chi connectivity index (χ0n) is 50.0. The molecule has 6 aliphatic heterocycles. The Morgan fingerprint density at radius 1 is 0.212 bits per heavy atom. The van der Waals surface area contributed by atoms with E-state index >= 15 is 0 Å². The molecule has 99 heavy (non-hydrogen) atoms. The average Bonchev–Trinajstić information content (AvgIpc) is 1.63. The Hall–Kier alpha value is -14.6. The number of ketones is 3. The van der Waals surface area contributed by atoms with Crippen molar-refractivity contribution < 1.29 is 100 Å². The predicted molar refractivity (Wildman–Crippen MR) is 338 cm³/mol. The molecule has 0 spiro atoms. The van der Waals surface area contributed by atoms with Crippen LogP contribution in [0.3, 0.4) is 0 Å². The van der Waals surface area contributed by atoms with Crippen molar-refractivity contribution in [2.45, 2.75) is 0 Å². The predicted octanol–water partition coefficient (Wildman–Crippen LogP) is 11.1. The molecule has 24 heteroatoms. The monoisotopic (exact) mass is 1310 g/mol. The lowest BCUT2D eigenvalue weighted by molar-refractivity contribution is 0.0425. The number of hydrogen-bond donors (Lipinski definition) is 0. The molecule has 0 bridgehead atoms. The van der Waals surface area contributed by atoms with Gasteiger partial charge in [-0.2, -0.15) is 0 Å². The van der Waals surface area contributed by atoms with E-state index in [1.807, 2.05) is 0 Å². The molecule has 0 radical (unpaired) electrons. The lowest BCUT2D eigenvalue weighted by Crippen LogP contribution is -2.29. The van der Waals surface area contributed by atoms with Crippen molar-refractivity contribution in [3.8, 4) is 34.5 Å². The van der Waals surface area contributed by atoms with Crippen LogP contribution in [0.15, 0.2) is 200 Å². The molecule has 24 nitrogen and oxygen atoms in total. The van der Waals surface area contributed by atoms with E-state index in [2.05, 4.69) is 14.2 Å². The van der Waals surface area contributed by atoms with Crippen molar-refractivity contribution in [2.75, 3.05) is 14.7 Å². The molecular formula is C75H33N3O21. The normalized spacial score (nSPS) is 14.6. The van der Waals surface area contributed by atoms with Gasteiger partial charge in [-0.25, -0.2) is 43.5 Å². The van der Waals surface area contributed by atoms with Crippen LogP contribution < -0.4 is 28.9 Å². The maximum atomic E-state index is 14.0. The molecule has 0 fully saturated rings. The van der Waals surface area contributed by atoms with Crippen molar-refractivity contribution in [2.24, 2.45) is 0 Å². The second kappa shape index (κ2) is 22.3. The summed E-state index contributed by atoms with van der Waals surface area (Å²) in [6.45, 7) is 0. The van der Waals surface area contributed by atoms with Gasteiger partial charge in [0, 0.05) is 51.6 Å². The van der Waals surface area contributed by atoms with Crippen molar-refractivity contribution in [3.05, 3.63) is 300 Å². The minimum atomic E-state index is -0.904. The highest BCUT2D eigenvalue weighted by molar-refractivity contribution is 6.37. The van der Waals surface area contributed by atoms with Gasteiger partial charge in [0.2, 0.25) is 0 Å². The van der Waals surface area contributed by atoms with E-state index < -0.39 is 88.6 Å². The first-order valence-electron chi connectivity index (χ1n) is 29.6. The van der Waals surface area contributed by atoms with Crippen LogP contribution in [0, 0.1) is 0 Å². The number of rotatable bonds is 15. The summed E-state index contributed by atoms with van der Waals surface area (Å²) in [7, 11) is 0. The fraction of sp³-hybridized carbons (Fsp3) is 0. The second-order valence-corrected chi connectivity index (χ2v) is 22.8. The van der Waals surface area contributed by atoms with Gasteiger partial charge < -0.3 is 28.4 Å². The Morgan fingerprint density at radius 2 is 0.414 bits per heavy atom. The van der Waals surface area contributed by atoms with Crippen LogP contribution in [0.25, 0.3) is 0 Å². The van der Waals surface area contributed by atoms with E-state index in [0.29, 0.717) is 0 Å². The van der Waals surface area contributed by atoms with Crippen LogP contribution in [0.1, 0.15) is 172 Å². The maximum Gasteiger partial charge on any atom is 0.346 e. The molecule has 474 valence electrons. The molecule has 10 aromatic carbocycles. The lowest BCUT2D eigenvalue weighted by Gasteiger charge is -2.17. The van der Waals surface area contributed by atoms with Gasteiger partial charge in [0.15, 0.2) is 17.3 Å². The Labute approximate surface area is 553 Å². The van der Waals surface area contributed by atoms with Crippen molar-refractivity contribution in [3.63, 3.8) is 0 Å². The highest BCUT2D eigenvalue weighted by Crippen LogP contribution is 2.40. The lowest BCUT2D eigenvalue weighted by atomic mass is 9.96. The molecule has 0 atom stereocenters. The smallest absolute Gasteiger partial charge is 0.346 e. The molecule has 6 heterocycles. The van der Waals surface area contributed by atoms with E-state index in [1.54, 1.807) is 0 Å². The topological polar surface area (TPSA) is 321 Å². The summed E-state index contributed by atoms with van der Waals surface area (Å²) >= 11 is 0. The number of fused-ring (bicyclic) bond motifs is 6. The van der Waals surface area contributed by atoms with E-state index in [1.165, 1.54) is 200 Å². The Morgan fingerprint density at radius 3 is 0.657 bits per heavy atom. The summed E-state index contributed by atoms with van der Waals surface area (Å²) in [4.78, 5) is 200. The second-order valence-electron chi connectivity index (χ2n) is 22.8. The molecule has 0 N–H and O–H groups in total. The van der Waals surface area contributed by atoms with Crippen LogP contribution >= 0.6 is 0 Å². The van der Waals surface area contributed by atoms with Gasteiger partial charge in [0.1, 0.15) is 34.5 Å². The summed E-state index contributed by atoms with van der Waals surface area (Å²) in [5, 5.41) is 0. The number of carbonyl (C=O) groups is 15. The van der Waals surface area contributed by atoms with Gasteiger partial charge >= 0.3 is 35.8 Å². The SMILES string of the molecule is O=C(c1ccc2c(c1)C(=O)OC2=O)c1ccc2c(c1)C(=O)N(c1ccc(Oc3cc(Oc4ccc(N5C(=O)c6ccc(C(=O)c7ccc8c(c7)C(=O)OC8=O)cc6C5=O)cc4)cc(Oc4ccc(N5C(=O)c6ccc(C(=O)c7ccc8c(c7)C(=O)OC8=O)cc6C5=O)cc4)c3)cc1)C2=O. The Kier molecular flexibility index (Phi) is 13.4. The zero-order valence-corrected chi connectivity index (χ0v) is 50.0. The number of anilines is 3. The van der Waals surface area contributed by atoms with Gasteiger partial charge in [-0.1, -0.05) is 36.4 Å². The molecule has 0 unspecified atom stereocenters. The first-order valence-corrected chi connectivity index (χ1v) is 29.6. The van der Waals surface area contributed by atoms with Crippen LogP contribution in [-0.2, 0) is 14.2 Å². The minimum absolute atomic E-state index is 0.00564. The highest BCUT2D eigenvalue weighted by atomic mass is 16.6. The van der Waals surface area contributed by atoms with Crippen molar-refractivity contribution in [1.29, 1.82) is 0 Å². The zero-order chi connectivity index (χ0) is 68.6. The van der Waals surface area contributed by atoms with Gasteiger partial charge in [-0.05, 0) is 146 Å². The number of esters is 6. The van der Waals surface area contributed by atoms with E-state index in [9.17, 15) is 71.9 Å². The molecule has 0 saturated carbocycles. The molecule has 0 saturated heterocycles. The number of ether oxygens (including phenoxy) is 6. The molecule has 6 amide bonds. The van der Waals surface area contributed by atoms with E-state index in [4.69, 9.17) is 14.2 Å². The summed E-state index contributed by atoms with van der Waals surface area (Å²) in [6, 6.07) is 45.6. The summed E-state index contributed by atoms with van der Waals surface area (Å²) in [6.07, 6.45) is 0. The fourth-order valence-corrected chi connectivity index (χ4v) is 12.1. The number of amides is 6. The number of carbonyl (C=O) groups excluding carboxylic acids is 15. The van der Waals surface area contributed by atoms with Gasteiger partial charge in [-0.15, -0.1) is 0 Å². The third kappa shape index (κ3) is 9.82. The number of benzene rings is 10. The van der Waals surface area contributed by atoms with Crippen LogP contribution in [0.2, 0.25) is 0 Å².